The Labute approximate surface area is 189 Å². The Morgan fingerprint density at radius 1 is 1.12 bits per heavy atom. The minimum Gasteiger partial charge on any atom is -0.383 e. The first-order valence-corrected chi connectivity index (χ1v) is 11.2. The van der Waals surface area contributed by atoms with E-state index < -0.39 is 12.0 Å². The summed E-state index contributed by atoms with van der Waals surface area (Å²) in [5, 5.41) is 3.07. The van der Waals surface area contributed by atoms with Gasteiger partial charge < -0.3 is 19.9 Å². The summed E-state index contributed by atoms with van der Waals surface area (Å²) in [5.74, 6) is -1.27. The molecule has 6 nitrogen and oxygen atoms in total. The van der Waals surface area contributed by atoms with Crippen LogP contribution >= 0.6 is 0 Å². The van der Waals surface area contributed by atoms with Crippen LogP contribution in [0.4, 0.5) is 4.39 Å². The van der Waals surface area contributed by atoms with Gasteiger partial charge in [-0.15, -0.1) is 0 Å². The number of rotatable bonds is 10. The number of methoxy groups -OCH3 is 1. The van der Waals surface area contributed by atoms with Crippen LogP contribution in [0.5, 0.6) is 0 Å². The van der Waals surface area contributed by atoms with Crippen molar-refractivity contribution in [2.75, 3.05) is 46.4 Å². The van der Waals surface area contributed by atoms with Crippen LogP contribution in [0.2, 0.25) is 0 Å². The third kappa shape index (κ3) is 5.16. The van der Waals surface area contributed by atoms with Gasteiger partial charge in [0.2, 0.25) is 5.91 Å². The fourth-order valence-corrected chi connectivity index (χ4v) is 4.33. The molecule has 1 aliphatic rings. The fraction of sp³-hybridized carbons (Fsp3) is 0.440. The van der Waals surface area contributed by atoms with E-state index >= 15 is 0 Å². The number of carbonyl (C=O) groups excluding carboxylic acids is 2. The highest BCUT2D eigenvalue weighted by molar-refractivity contribution is 6.01. The summed E-state index contributed by atoms with van der Waals surface area (Å²) in [6.45, 7) is 7.93. The van der Waals surface area contributed by atoms with Crippen LogP contribution in [0, 0.1) is 5.82 Å². The van der Waals surface area contributed by atoms with Crippen LogP contribution in [0.3, 0.4) is 0 Å². The second-order valence-corrected chi connectivity index (χ2v) is 7.87. The maximum atomic E-state index is 13.6. The Hall–Kier alpha value is -2.77. The number of amides is 2. The maximum absolute atomic E-state index is 13.6. The number of carbonyl (C=O) groups is 2. The Morgan fingerprint density at radius 2 is 1.81 bits per heavy atom. The molecule has 32 heavy (non-hydrogen) atoms. The van der Waals surface area contributed by atoms with Crippen LogP contribution in [0.1, 0.15) is 47.3 Å². The van der Waals surface area contributed by atoms with Crippen LogP contribution in [-0.4, -0.2) is 68.1 Å². The molecular formula is C25H32FN3O3. The number of hydrogen-bond donors (Lipinski definition) is 1. The molecular weight excluding hydrogens is 409 g/mol. The molecule has 0 unspecified atom stereocenters. The molecule has 172 valence electrons. The summed E-state index contributed by atoms with van der Waals surface area (Å²) in [5.41, 5.74) is 1.93. The van der Waals surface area contributed by atoms with Crippen LogP contribution in [0.25, 0.3) is 0 Å². The first-order chi connectivity index (χ1) is 15.5. The Balaban J connectivity index is 2.00. The highest BCUT2D eigenvalue weighted by Gasteiger charge is 2.43. The van der Waals surface area contributed by atoms with Gasteiger partial charge in [-0.1, -0.05) is 44.2 Å². The number of likely N-dealkylation sites (N-methyl/N-ethyl adjacent to an activating group) is 1. The van der Waals surface area contributed by atoms with E-state index in [9.17, 15) is 14.0 Å². The second-order valence-electron chi connectivity index (χ2n) is 7.87. The average molecular weight is 442 g/mol. The number of hydrogen-bond acceptors (Lipinski definition) is 4. The van der Waals surface area contributed by atoms with E-state index in [-0.39, 0.29) is 17.6 Å². The van der Waals surface area contributed by atoms with Crippen molar-refractivity contribution in [1.82, 2.24) is 15.1 Å². The molecule has 1 aliphatic heterocycles. The standard InChI is InChI=1S/C25H32FN3O3/c1-4-28(5-2)15-14-27-24(30)22-20-8-6-7-9-21(20)25(31)29(16-17-32-3)23(22)18-10-12-19(26)13-11-18/h6-13,22-23H,4-5,14-17H2,1-3H3,(H,27,30)/t22-,23-/m0/s1. The quantitative estimate of drug-likeness (QED) is 0.615. The minimum atomic E-state index is -0.608. The Bertz CT molecular complexity index is 915. The van der Waals surface area contributed by atoms with E-state index in [4.69, 9.17) is 4.74 Å². The molecule has 7 heteroatoms. The molecule has 0 fully saturated rings. The van der Waals surface area contributed by atoms with E-state index in [0.717, 1.165) is 19.6 Å². The Morgan fingerprint density at radius 3 is 2.47 bits per heavy atom. The fourth-order valence-electron chi connectivity index (χ4n) is 4.33. The summed E-state index contributed by atoms with van der Waals surface area (Å²) in [7, 11) is 1.58. The number of halogens is 1. The van der Waals surface area contributed by atoms with Gasteiger partial charge in [0.05, 0.1) is 18.6 Å². The Kier molecular flexibility index (Phi) is 8.36. The SMILES string of the molecule is CCN(CC)CCNC(=O)[C@H]1c2ccccc2C(=O)N(CCOC)[C@H]1c1ccc(F)cc1. The molecule has 3 rings (SSSR count). The van der Waals surface area contributed by atoms with E-state index in [2.05, 4.69) is 24.1 Å². The highest BCUT2D eigenvalue weighted by Crippen LogP contribution is 2.42. The van der Waals surface area contributed by atoms with Gasteiger partial charge in [-0.2, -0.15) is 0 Å². The summed E-state index contributed by atoms with van der Waals surface area (Å²) in [6, 6.07) is 12.7. The first kappa shape index (κ1) is 23.9. The minimum absolute atomic E-state index is 0.145. The van der Waals surface area contributed by atoms with E-state index in [0.29, 0.717) is 36.4 Å². The molecule has 0 radical (unpaired) electrons. The predicted octanol–water partition coefficient (Wildman–Crippen LogP) is 3.21. The normalized spacial score (nSPS) is 18.0. The van der Waals surface area contributed by atoms with Gasteiger partial charge in [0, 0.05) is 32.3 Å². The lowest BCUT2D eigenvalue weighted by atomic mass is 9.79. The molecule has 2 amide bonds. The summed E-state index contributed by atoms with van der Waals surface area (Å²) in [6.07, 6.45) is 0. The van der Waals surface area contributed by atoms with Crippen molar-refractivity contribution >= 4 is 11.8 Å². The molecule has 2 aromatic carbocycles. The molecule has 0 saturated heterocycles. The van der Waals surface area contributed by atoms with E-state index in [1.165, 1.54) is 12.1 Å². The number of fused-ring (bicyclic) bond motifs is 1. The van der Waals surface area contributed by atoms with Crippen molar-refractivity contribution < 1.29 is 18.7 Å². The largest absolute Gasteiger partial charge is 0.383 e. The van der Waals surface area contributed by atoms with Gasteiger partial charge in [-0.25, -0.2) is 4.39 Å². The summed E-state index contributed by atoms with van der Waals surface area (Å²) in [4.78, 5) is 30.8. The topological polar surface area (TPSA) is 61.9 Å². The van der Waals surface area contributed by atoms with Crippen LogP contribution in [-0.2, 0) is 9.53 Å². The van der Waals surface area contributed by atoms with Crippen molar-refractivity contribution in [3.05, 3.63) is 71.0 Å². The molecule has 0 aromatic heterocycles. The van der Waals surface area contributed by atoms with E-state index in [1.807, 2.05) is 12.1 Å². The summed E-state index contributed by atoms with van der Waals surface area (Å²) < 4.78 is 18.9. The lowest BCUT2D eigenvalue weighted by Crippen LogP contribution is -2.49. The number of nitrogens with zero attached hydrogens (tertiary/aromatic N) is 2. The summed E-state index contributed by atoms with van der Waals surface area (Å²) >= 11 is 0. The van der Waals surface area contributed by atoms with Gasteiger partial charge in [0.25, 0.3) is 5.91 Å². The van der Waals surface area contributed by atoms with Gasteiger partial charge in [-0.05, 0) is 42.4 Å². The average Bonchev–Trinajstić information content (AvgIpc) is 2.81. The number of nitrogens with one attached hydrogen (secondary N) is 1. The van der Waals surface area contributed by atoms with Gasteiger partial charge in [0.15, 0.2) is 0 Å². The zero-order valence-corrected chi connectivity index (χ0v) is 19.0. The van der Waals surface area contributed by atoms with Crippen molar-refractivity contribution in [1.29, 1.82) is 0 Å². The van der Waals surface area contributed by atoms with Crippen molar-refractivity contribution in [2.45, 2.75) is 25.8 Å². The van der Waals surface area contributed by atoms with Crippen molar-refractivity contribution in [2.24, 2.45) is 0 Å². The molecule has 0 spiro atoms. The molecule has 0 bridgehead atoms. The molecule has 0 saturated carbocycles. The lowest BCUT2D eigenvalue weighted by Gasteiger charge is -2.41. The maximum Gasteiger partial charge on any atom is 0.254 e. The van der Waals surface area contributed by atoms with Gasteiger partial charge in [-0.3, -0.25) is 9.59 Å². The molecule has 1 N–H and O–H groups in total. The van der Waals surface area contributed by atoms with Crippen molar-refractivity contribution in [3.63, 3.8) is 0 Å². The smallest absolute Gasteiger partial charge is 0.254 e. The lowest BCUT2D eigenvalue weighted by molar-refractivity contribution is -0.124. The molecule has 2 aromatic rings. The monoisotopic (exact) mass is 441 g/mol. The number of benzene rings is 2. The second kappa shape index (κ2) is 11.2. The molecule has 0 aliphatic carbocycles. The van der Waals surface area contributed by atoms with E-state index in [1.54, 1.807) is 36.3 Å². The third-order valence-electron chi connectivity index (χ3n) is 6.09. The van der Waals surface area contributed by atoms with Crippen molar-refractivity contribution in [3.8, 4) is 0 Å². The van der Waals surface area contributed by atoms with Gasteiger partial charge in [0.1, 0.15) is 5.82 Å². The van der Waals surface area contributed by atoms with Gasteiger partial charge >= 0.3 is 0 Å². The zero-order valence-electron chi connectivity index (χ0n) is 19.0. The molecule has 1 heterocycles. The first-order valence-electron chi connectivity index (χ1n) is 11.2. The number of ether oxygens (including phenoxy) is 1. The predicted molar refractivity (Wildman–Crippen MR) is 122 cm³/mol. The molecule has 2 atom stereocenters. The van der Waals surface area contributed by atoms with Crippen LogP contribution < -0.4 is 5.32 Å². The highest BCUT2D eigenvalue weighted by atomic mass is 19.1. The van der Waals surface area contributed by atoms with Crippen LogP contribution in [0.15, 0.2) is 48.5 Å². The third-order valence-corrected chi connectivity index (χ3v) is 6.09. The zero-order chi connectivity index (χ0) is 23.1.